The van der Waals surface area contributed by atoms with Crippen LogP contribution in [-0.2, 0) is 0 Å². The highest BCUT2D eigenvalue weighted by molar-refractivity contribution is 5.38. The van der Waals surface area contributed by atoms with Gasteiger partial charge in [-0.05, 0) is 32.9 Å². The molecule has 0 radical (unpaired) electrons. The number of rotatable bonds is 5. The van der Waals surface area contributed by atoms with Gasteiger partial charge in [-0.3, -0.25) is 5.43 Å². The van der Waals surface area contributed by atoms with Crippen LogP contribution in [-0.4, -0.2) is 60.7 Å². The van der Waals surface area contributed by atoms with Crippen LogP contribution in [0.1, 0.15) is 12.8 Å². The SMILES string of the molecule is COc1nc(NN)nc(N2CCC(CN(C)C)CC2)n1. The summed E-state index contributed by atoms with van der Waals surface area (Å²) < 4.78 is 5.07. The van der Waals surface area contributed by atoms with Gasteiger partial charge in [0.15, 0.2) is 0 Å². The van der Waals surface area contributed by atoms with Crippen molar-refractivity contribution in [3.63, 3.8) is 0 Å². The minimum absolute atomic E-state index is 0.276. The molecule has 0 aliphatic carbocycles. The molecule has 1 saturated heterocycles. The quantitative estimate of drug-likeness (QED) is 0.573. The number of methoxy groups -OCH3 is 1. The van der Waals surface area contributed by atoms with Gasteiger partial charge in [0.2, 0.25) is 11.9 Å². The first-order valence-corrected chi connectivity index (χ1v) is 6.78. The first kappa shape index (κ1) is 14.7. The maximum atomic E-state index is 5.37. The van der Waals surface area contributed by atoms with Crippen molar-refractivity contribution in [2.24, 2.45) is 11.8 Å². The van der Waals surface area contributed by atoms with E-state index < -0.39 is 0 Å². The third-order valence-electron chi connectivity index (χ3n) is 3.44. The molecule has 2 heterocycles. The van der Waals surface area contributed by atoms with Gasteiger partial charge >= 0.3 is 6.01 Å². The van der Waals surface area contributed by atoms with Crippen molar-refractivity contribution in [1.82, 2.24) is 19.9 Å². The Hall–Kier alpha value is -1.67. The van der Waals surface area contributed by atoms with Crippen molar-refractivity contribution < 1.29 is 4.74 Å². The Kier molecular flexibility index (Phi) is 4.91. The molecule has 2 rings (SSSR count). The Morgan fingerprint density at radius 1 is 1.30 bits per heavy atom. The highest BCUT2D eigenvalue weighted by Gasteiger charge is 2.22. The Morgan fingerprint density at radius 2 is 2.00 bits per heavy atom. The van der Waals surface area contributed by atoms with E-state index >= 15 is 0 Å². The lowest BCUT2D eigenvalue weighted by molar-refractivity contribution is 0.284. The van der Waals surface area contributed by atoms with Gasteiger partial charge in [0.25, 0.3) is 0 Å². The molecular weight excluding hydrogens is 258 g/mol. The largest absolute Gasteiger partial charge is 0.467 e. The van der Waals surface area contributed by atoms with Crippen molar-refractivity contribution in [3.05, 3.63) is 0 Å². The summed E-state index contributed by atoms with van der Waals surface area (Å²) in [6.07, 6.45) is 2.27. The second kappa shape index (κ2) is 6.67. The molecule has 0 saturated carbocycles. The molecule has 0 amide bonds. The lowest BCUT2D eigenvalue weighted by Gasteiger charge is -2.33. The molecule has 1 aromatic rings. The molecule has 0 unspecified atom stereocenters. The second-order valence-electron chi connectivity index (χ2n) is 5.28. The number of nitrogens with two attached hydrogens (primary N) is 1. The standard InChI is InChI=1S/C12H23N7O/c1-18(2)8-9-4-6-19(7-5-9)11-14-10(17-13)15-12(16-11)20-3/h9H,4-8,13H2,1-3H3,(H,14,15,16,17). The van der Waals surface area contributed by atoms with Crippen LogP contribution < -0.4 is 20.9 Å². The third-order valence-corrected chi connectivity index (χ3v) is 3.44. The number of nitrogens with one attached hydrogen (secondary N) is 1. The lowest BCUT2D eigenvalue weighted by Crippen LogP contribution is -2.38. The zero-order chi connectivity index (χ0) is 14.5. The smallest absolute Gasteiger partial charge is 0.322 e. The van der Waals surface area contributed by atoms with Crippen molar-refractivity contribution in [3.8, 4) is 6.01 Å². The first-order valence-electron chi connectivity index (χ1n) is 6.78. The molecule has 0 spiro atoms. The topological polar surface area (TPSA) is 92.4 Å². The van der Waals surface area contributed by atoms with Gasteiger partial charge < -0.3 is 14.5 Å². The van der Waals surface area contributed by atoms with Crippen LogP contribution in [0.15, 0.2) is 0 Å². The van der Waals surface area contributed by atoms with Gasteiger partial charge in [0.05, 0.1) is 7.11 Å². The number of ether oxygens (including phenoxy) is 1. The number of nitrogens with zero attached hydrogens (tertiary/aromatic N) is 5. The minimum Gasteiger partial charge on any atom is -0.467 e. The molecule has 20 heavy (non-hydrogen) atoms. The Labute approximate surface area is 119 Å². The van der Waals surface area contributed by atoms with Gasteiger partial charge in [-0.1, -0.05) is 0 Å². The zero-order valence-electron chi connectivity index (χ0n) is 12.3. The van der Waals surface area contributed by atoms with Crippen LogP contribution >= 0.6 is 0 Å². The molecule has 1 aromatic heterocycles. The predicted octanol–water partition coefficient (Wildman–Crippen LogP) is -0.0562. The summed E-state index contributed by atoms with van der Waals surface area (Å²) in [4.78, 5) is 17.0. The van der Waals surface area contributed by atoms with Gasteiger partial charge in [-0.2, -0.15) is 15.0 Å². The zero-order valence-corrected chi connectivity index (χ0v) is 12.3. The normalized spacial score (nSPS) is 16.6. The van der Waals surface area contributed by atoms with Crippen LogP contribution in [0.2, 0.25) is 0 Å². The number of anilines is 2. The fourth-order valence-electron chi connectivity index (χ4n) is 2.48. The average Bonchev–Trinajstić information content (AvgIpc) is 2.46. The number of hydrogen-bond donors (Lipinski definition) is 2. The summed E-state index contributed by atoms with van der Waals surface area (Å²) in [5.74, 6) is 7.04. The molecule has 8 heteroatoms. The van der Waals surface area contributed by atoms with E-state index in [0.29, 0.717) is 11.9 Å². The van der Waals surface area contributed by atoms with E-state index in [1.54, 1.807) is 0 Å². The number of piperidine rings is 1. The fourth-order valence-corrected chi connectivity index (χ4v) is 2.48. The Balaban J connectivity index is 2.02. The predicted molar refractivity (Wildman–Crippen MR) is 77.7 cm³/mol. The second-order valence-corrected chi connectivity index (χ2v) is 5.28. The molecule has 8 nitrogen and oxygen atoms in total. The van der Waals surface area contributed by atoms with E-state index in [0.717, 1.165) is 38.4 Å². The molecule has 0 atom stereocenters. The van der Waals surface area contributed by atoms with Crippen LogP contribution in [0.3, 0.4) is 0 Å². The van der Waals surface area contributed by atoms with Crippen molar-refractivity contribution in [2.75, 3.05) is 51.2 Å². The summed E-state index contributed by atoms with van der Waals surface area (Å²) in [5, 5.41) is 0. The van der Waals surface area contributed by atoms with Crippen LogP contribution in [0.5, 0.6) is 6.01 Å². The van der Waals surface area contributed by atoms with Gasteiger partial charge in [-0.25, -0.2) is 5.84 Å². The average molecular weight is 281 g/mol. The van der Waals surface area contributed by atoms with Crippen LogP contribution in [0, 0.1) is 5.92 Å². The summed E-state index contributed by atoms with van der Waals surface area (Å²) in [7, 11) is 5.76. The molecular formula is C12H23N7O. The van der Waals surface area contributed by atoms with Crippen molar-refractivity contribution in [2.45, 2.75) is 12.8 Å². The third kappa shape index (κ3) is 3.67. The van der Waals surface area contributed by atoms with E-state index in [-0.39, 0.29) is 6.01 Å². The summed E-state index contributed by atoms with van der Waals surface area (Å²) in [6, 6.07) is 0.276. The number of hydrazine groups is 1. The Bertz CT molecular complexity index is 410. The summed E-state index contributed by atoms with van der Waals surface area (Å²) >= 11 is 0. The Morgan fingerprint density at radius 3 is 2.55 bits per heavy atom. The molecule has 0 aromatic carbocycles. The maximum absolute atomic E-state index is 5.37. The van der Waals surface area contributed by atoms with Crippen LogP contribution in [0.25, 0.3) is 0 Å². The van der Waals surface area contributed by atoms with Gasteiger partial charge in [0.1, 0.15) is 0 Å². The number of aromatic nitrogens is 3. The molecule has 1 aliphatic heterocycles. The summed E-state index contributed by atoms with van der Waals surface area (Å²) in [6.45, 7) is 3.01. The van der Waals surface area contributed by atoms with Gasteiger partial charge in [-0.15, -0.1) is 0 Å². The maximum Gasteiger partial charge on any atom is 0.322 e. The van der Waals surface area contributed by atoms with E-state index in [9.17, 15) is 0 Å². The monoisotopic (exact) mass is 281 g/mol. The van der Waals surface area contributed by atoms with E-state index in [2.05, 4.69) is 44.3 Å². The summed E-state index contributed by atoms with van der Waals surface area (Å²) in [5.41, 5.74) is 2.44. The van der Waals surface area contributed by atoms with Gasteiger partial charge in [0, 0.05) is 19.6 Å². The number of hydrogen-bond acceptors (Lipinski definition) is 8. The van der Waals surface area contributed by atoms with Crippen molar-refractivity contribution in [1.29, 1.82) is 0 Å². The van der Waals surface area contributed by atoms with E-state index in [1.807, 2.05) is 0 Å². The van der Waals surface area contributed by atoms with Crippen LogP contribution in [0.4, 0.5) is 11.9 Å². The lowest BCUT2D eigenvalue weighted by atomic mass is 9.97. The first-order chi connectivity index (χ1) is 9.62. The molecule has 0 bridgehead atoms. The number of nitrogen functional groups attached to an aromatic ring is 1. The van der Waals surface area contributed by atoms with E-state index in [1.165, 1.54) is 7.11 Å². The minimum atomic E-state index is 0.276. The molecule has 3 N–H and O–H groups in total. The van der Waals surface area contributed by atoms with Crippen molar-refractivity contribution >= 4 is 11.9 Å². The van der Waals surface area contributed by atoms with E-state index in [4.69, 9.17) is 10.6 Å². The highest BCUT2D eigenvalue weighted by Crippen LogP contribution is 2.22. The molecule has 1 aliphatic rings. The highest BCUT2D eigenvalue weighted by atomic mass is 16.5. The molecule has 112 valence electrons. The molecule has 1 fully saturated rings. The fraction of sp³-hybridized carbons (Fsp3) is 0.750.